The zero-order valence-electron chi connectivity index (χ0n) is 13.8. The van der Waals surface area contributed by atoms with E-state index in [1.807, 2.05) is 18.2 Å². The Hall–Kier alpha value is -2.18. The van der Waals surface area contributed by atoms with E-state index < -0.39 is 0 Å². The number of benzene rings is 2. The fourth-order valence-corrected chi connectivity index (χ4v) is 4.42. The molecule has 0 unspecified atom stereocenters. The van der Waals surface area contributed by atoms with Gasteiger partial charge in [-0.3, -0.25) is 9.59 Å². The third-order valence-electron chi connectivity index (χ3n) is 3.60. The van der Waals surface area contributed by atoms with Crippen LogP contribution in [0.1, 0.15) is 30.1 Å². The standard InChI is InChI=1S/C19H18N2O2S2/c1-13(22)14-6-4-7-15(12-14)20-18(23)10-5-11-24-19-21-16-8-2-3-9-17(16)25-19/h2-4,6-9,12H,5,10-11H2,1H3,(H,20,23). The highest BCUT2D eigenvalue weighted by Gasteiger charge is 2.07. The highest BCUT2D eigenvalue weighted by molar-refractivity contribution is 8.01. The second-order valence-corrected chi connectivity index (χ2v) is 7.96. The predicted octanol–water partition coefficient (Wildman–Crippen LogP) is 5.01. The monoisotopic (exact) mass is 370 g/mol. The van der Waals surface area contributed by atoms with Crippen LogP contribution in [0.25, 0.3) is 10.2 Å². The molecule has 0 saturated heterocycles. The highest BCUT2D eigenvalue weighted by Crippen LogP contribution is 2.29. The van der Waals surface area contributed by atoms with Crippen LogP contribution in [-0.4, -0.2) is 22.4 Å². The molecular weight excluding hydrogens is 352 g/mol. The van der Waals surface area contributed by atoms with Crippen LogP contribution in [0.4, 0.5) is 5.69 Å². The van der Waals surface area contributed by atoms with Gasteiger partial charge in [0.05, 0.1) is 10.2 Å². The SMILES string of the molecule is CC(=O)c1cccc(NC(=O)CCCSc2nc3ccccc3s2)c1. The summed E-state index contributed by atoms with van der Waals surface area (Å²) < 4.78 is 2.23. The van der Waals surface area contributed by atoms with Gasteiger partial charge >= 0.3 is 0 Å². The Morgan fingerprint density at radius 2 is 2.00 bits per heavy atom. The number of amides is 1. The fraction of sp³-hybridized carbons (Fsp3) is 0.211. The van der Waals surface area contributed by atoms with Gasteiger partial charge in [0.2, 0.25) is 5.91 Å². The normalized spacial score (nSPS) is 10.8. The first-order valence-electron chi connectivity index (χ1n) is 8.01. The summed E-state index contributed by atoms with van der Waals surface area (Å²) in [6.45, 7) is 1.51. The summed E-state index contributed by atoms with van der Waals surface area (Å²) in [5.41, 5.74) is 2.29. The van der Waals surface area contributed by atoms with Gasteiger partial charge in [0.25, 0.3) is 0 Å². The smallest absolute Gasteiger partial charge is 0.224 e. The van der Waals surface area contributed by atoms with E-state index in [9.17, 15) is 9.59 Å². The van der Waals surface area contributed by atoms with Crippen LogP contribution in [0.5, 0.6) is 0 Å². The Labute approximate surface area is 154 Å². The average Bonchev–Trinajstić information content (AvgIpc) is 3.02. The van der Waals surface area contributed by atoms with E-state index in [-0.39, 0.29) is 11.7 Å². The number of aromatic nitrogens is 1. The molecule has 6 heteroatoms. The number of carbonyl (C=O) groups is 2. The first kappa shape index (κ1) is 17.6. The minimum absolute atomic E-state index is 0.0108. The van der Waals surface area contributed by atoms with Crippen molar-refractivity contribution in [3.05, 3.63) is 54.1 Å². The lowest BCUT2D eigenvalue weighted by Gasteiger charge is -2.06. The molecule has 25 heavy (non-hydrogen) atoms. The Bertz CT molecular complexity index is 872. The second-order valence-electron chi connectivity index (χ2n) is 5.58. The number of Topliss-reactive ketones (excluding diaryl/α,β-unsaturated/α-hetero) is 1. The van der Waals surface area contributed by atoms with Gasteiger partial charge in [-0.15, -0.1) is 11.3 Å². The molecule has 1 heterocycles. The number of thioether (sulfide) groups is 1. The number of hydrogen-bond acceptors (Lipinski definition) is 5. The molecule has 0 aliphatic heterocycles. The molecule has 0 saturated carbocycles. The van der Waals surface area contributed by atoms with Gasteiger partial charge in [-0.2, -0.15) is 0 Å². The molecule has 3 rings (SSSR count). The van der Waals surface area contributed by atoms with Gasteiger partial charge in [0.15, 0.2) is 10.1 Å². The summed E-state index contributed by atoms with van der Waals surface area (Å²) in [6.07, 6.45) is 1.22. The van der Waals surface area contributed by atoms with E-state index in [4.69, 9.17) is 0 Å². The molecule has 3 aromatic rings. The maximum absolute atomic E-state index is 12.0. The van der Waals surface area contributed by atoms with E-state index >= 15 is 0 Å². The van der Waals surface area contributed by atoms with E-state index in [0.29, 0.717) is 17.7 Å². The Balaban J connectivity index is 1.45. The molecule has 0 atom stereocenters. The van der Waals surface area contributed by atoms with E-state index in [0.717, 1.165) is 22.0 Å². The summed E-state index contributed by atoms with van der Waals surface area (Å²) in [4.78, 5) is 28.0. The van der Waals surface area contributed by atoms with Gasteiger partial charge in [0.1, 0.15) is 0 Å². The summed E-state index contributed by atoms with van der Waals surface area (Å²) in [5, 5.41) is 2.84. The Morgan fingerprint density at radius 1 is 1.16 bits per heavy atom. The van der Waals surface area contributed by atoms with E-state index in [2.05, 4.69) is 16.4 Å². The zero-order chi connectivity index (χ0) is 17.6. The van der Waals surface area contributed by atoms with Crippen molar-refractivity contribution < 1.29 is 9.59 Å². The van der Waals surface area contributed by atoms with Crippen molar-refractivity contribution in [2.24, 2.45) is 0 Å². The third-order valence-corrected chi connectivity index (χ3v) is 5.87. The summed E-state index contributed by atoms with van der Waals surface area (Å²) in [5.74, 6) is 0.801. The average molecular weight is 370 g/mol. The molecule has 0 spiro atoms. The largest absolute Gasteiger partial charge is 0.326 e. The van der Waals surface area contributed by atoms with Crippen LogP contribution in [-0.2, 0) is 4.79 Å². The van der Waals surface area contributed by atoms with Gasteiger partial charge in [-0.05, 0) is 37.6 Å². The van der Waals surface area contributed by atoms with Crippen LogP contribution in [0.3, 0.4) is 0 Å². The molecule has 0 bridgehead atoms. The summed E-state index contributed by atoms with van der Waals surface area (Å²) in [6, 6.07) is 15.1. The number of carbonyl (C=O) groups excluding carboxylic acids is 2. The van der Waals surface area contributed by atoms with Crippen molar-refractivity contribution in [3.8, 4) is 0 Å². The van der Waals surface area contributed by atoms with Crippen molar-refractivity contribution in [2.75, 3.05) is 11.1 Å². The van der Waals surface area contributed by atoms with Crippen molar-refractivity contribution in [3.63, 3.8) is 0 Å². The summed E-state index contributed by atoms with van der Waals surface area (Å²) >= 11 is 3.37. The van der Waals surface area contributed by atoms with Crippen LogP contribution in [0, 0.1) is 0 Å². The first-order chi connectivity index (χ1) is 12.1. The molecule has 1 aromatic heterocycles. The van der Waals surface area contributed by atoms with Crippen LogP contribution in [0.2, 0.25) is 0 Å². The first-order valence-corrected chi connectivity index (χ1v) is 9.81. The highest BCUT2D eigenvalue weighted by atomic mass is 32.2. The van der Waals surface area contributed by atoms with Gasteiger partial charge in [-0.25, -0.2) is 4.98 Å². The van der Waals surface area contributed by atoms with Crippen LogP contribution >= 0.6 is 23.1 Å². The number of ketones is 1. The number of nitrogens with zero attached hydrogens (tertiary/aromatic N) is 1. The van der Waals surface area contributed by atoms with Gasteiger partial charge in [0, 0.05) is 23.4 Å². The fourth-order valence-electron chi connectivity index (χ4n) is 2.34. The Kier molecular flexibility index (Phi) is 5.83. The molecule has 1 N–H and O–H groups in total. The maximum Gasteiger partial charge on any atom is 0.224 e. The number of rotatable bonds is 7. The van der Waals surface area contributed by atoms with E-state index in [1.54, 1.807) is 47.4 Å². The molecule has 0 aliphatic carbocycles. The number of hydrogen-bond donors (Lipinski definition) is 1. The molecular formula is C19H18N2O2S2. The second kappa shape index (κ2) is 8.27. The van der Waals surface area contributed by atoms with Gasteiger partial charge < -0.3 is 5.32 Å². The molecule has 1 amide bonds. The van der Waals surface area contributed by atoms with Crippen molar-refractivity contribution in [1.82, 2.24) is 4.98 Å². The van der Waals surface area contributed by atoms with Crippen LogP contribution in [0.15, 0.2) is 52.9 Å². The minimum Gasteiger partial charge on any atom is -0.326 e. The molecule has 128 valence electrons. The number of anilines is 1. The lowest BCUT2D eigenvalue weighted by molar-refractivity contribution is -0.116. The molecule has 0 radical (unpaired) electrons. The molecule has 0 fully saturated rings. The summed E-state index contributed by atoms with van der Waals surface area (Å²) in [7, 11) is 0. The van der Waals surface area contributed by atoms with Crippen LogP contribution < -0.4 is 5.32 Å². The minimum atomic E-state index is -0.0365. The number of thiazole rings is 1. The number of para-hydroxylation sites is 1. The lowest BCUT2D eigenvalue weighted by atomic mass is 10.1. The van der Waals surface area contributed by atoms with Crippen molar-refractivity contribution in [1.29, 1.82) is 0 Å². The topological polar surface area (TPSA) is 59.1 Å². The van der Waals surface area contributed by atoms with E-state index in [1.165, 1.54) is 11.6 Å². The maximum atomic E-state index is 12.0. The third kappa shape index (κ3) is 4.90. The Morgan fingerprint density at radius 3 is 2.80 bits per heavy atom. The van der Waals surface area contributed by atoms with Crippen molar-refractivity contribution in [2.45, 2.75) is 24.1 Å². The quantitative estimate of drug-likeness (QED) is 0.361. The zero-order valence-corrected chi connectivity index (χ0v) is 15.5. The predicted molar refractivity (Wildman–Crippen MR) is 105 cm³/mol. The van der Waals surface area contributed by atoms with Gasteiger partial charge in [-0.1, -0.05) is 36.0 Å². The molecule has 2 aromatic carbocycles. The lowest BCUT2D eigenvalue weighted by Crippen LogP contribution is -2.11. The van der Waals surface area contributed by atoms with Crippen molar-refractivity contribution >= 4 is 50.7 Å². The number of fused-ring (bicyclic) bond motifs is 1. The molecule has 0 aliphatic rings. The number of nitrogens with one attached hydrogen (secondary N) is 1. The molecule has 4 nitrogen and oxygen atoms in total.